The molecule has 3 heteroatoms. The molecule has 1 aromatic rings. The molecular formula is C14H22N2O. The summed E-state index contributed by atoms with van der Waals surface area (Å²) in [4.78, 5) is 11.9. The second-order valence-electron chi connectivity index (χ2n) is 5.23. The number of hydrazine groups is 1. The summed E-state index contributed by atoms with van der Waals surface area (Å²) in [6.07, 6.45) is 0. The average molecular weight is 234 g/mol. The molecule has 0 aromatic heterocycles. The first-order chi connectivity index (χ1) is 7.73. The first-order valence-electron chi connectivity index (χ1n) is 5.82. The van der Waals surface area contributed by atoms with Crippen LogP contribution in [0.2, 0.25) is 0 Å². The van der Waals surface area contributed by atoms with E-state index in [4.69, 9.17) is 5.84 Å². The molecule has 1 rings (SSSR count). The molecule has 0 unspecified atom stereocenters. The van der Waals surface area contributed by atoms with E-state index in [9.17, 15) is 4.79 Å². The predicted octanol–water partition coefficient (Wildman–Crippen LogP) is 2.19. The van der Waals surface area contributed by atoms with Crippen LogP contribution >= 0.6 is 0 Å². The summed E-state index contributed by atoms with van der Waals surface area (Å²) in [5, 5.41) is 0. The van der Waals surface area contributed by atoms with Crippen molar-refractivity contribution in [3.8, 4) is 0 Å². The topological polar surface area (TPSA) is 55.1 Å². The number of hydrogen-bond donors (Lipinski definition) is 2. The van der Waals surface area contributed by atoms with Crippen molar-refractivity contribution in [1.29, 1.82) is 0 Å². The Morgan fingerprint density at radius 1 is 1.12 bits per heavy atom. The van der Waals surface area contributed by atoms with Crippen molar-refractivity contribution >= 4 is 5.91 Å². The van der Waals surface area contributed by atoms with Gasteiger partial charge >= 0.3 is 0 Å². The average Bonchev–Trinajstić information content (AvgIpc) is 2.25. The van der Waals surface area contributed by atoms with E-state index in [-0.39, 0.29) is 5.91 Å². The Morgan fingerprint density at radius 2 is 1.53 bits per heavy atom. The molecule has 0 aliphatic carbocycles. The molecule has 1 amide bonds. The molecule has 0 heterocycles. The Hall–Kier alpha value is -1.35. The van der Waals surface area contributed by atoms with Gasteiger partial charge in [-0.3, -0.25) is 10.2 Å². The van der Waals surface area contributed by atoms with Gasteiger partial charge in [-0.05, 0) is 69.4 Å². The van der Waals surface area contributed by atoms with Crippen LogP contribution in [0.5, 0.6) is 0 Å². The Labute approximate surface area is 103 Å². The lowest BCUT2D eigenvalue weighted by atomic mass is 9.76. The maximum Gasteiger partial charge on any atom is 0.243 e. The van der Waals surface area contributed by atoms with E-state index in [2.05, 4.69) is 39.2 Å². The molecule has 0 bridgehead atoms. The molecule has 0 radical (unpaired) electrons. The summed E-state index contributed by atoms with van der Waals surface area (Å²) in [6.45, 7) is 12.1. The summed E-state index contributed by atoms with van der Waals surface area (Å²) in [6, 6.07) is 2.16. The van der Waals surface area contributed by atoms with Crippen LogP contribution in [0.1, 0.15) is 41.7 Å². The molecule has 0 atom stereocenters. The summed E-state index contributed by atoms with van der Waals surface area (Å²) in [5.41, 5.74) is 7.48. The van der Waals surface area contributed by atoms with E-state index < -0.39 is 5.41 Å². The summed E-state index contributed by atoms with van der Waals surface area (Å²) >= 11 is 0. The molecule has 3 N–H and O–H groups in total. The zero-order valence-corrected chi connectivity index (χ0v) is 11.6. The van der Waals surface area contributed by atoms with Gasteiger partial charge in [0.15, 0.2) is 0 Å². The Kier molecular flexibility index (Phi) is 3.62. The lowest BCUT2D eigenvalue weighted by Crippen LogP contribution is -2.44. The van der Waals surface area contributed by atoms with Gasteiger partial charge in [-0.15, -0.1) is 0 Å². The van der Waals surface area contributed by atoms with Crippen LogP contribution in [0.25, 0.3) is 0 Å². The number of hydrogen-bond acceptors (Lipinski definition) is 2. The molecular weight excluding hydrogens is 212 g/mol. The molecule has 1 aromatic carbocycles. The van der Waals surface area contributed by atoms with Gasteiger partial charge in [0.25, 0.3) is 0 Å². The molecule has 0 aliphatic rings. The number of rotatable bonds is 2. The monoisotopic (exact) mass is 234 g/mol. The van der Waals surface area contributed by atoms with E-state index in [1.807, 2.05) is 13.8 Å². The quantitative estimate of drug-likeness (QED) is 0.468. The summed E-state index contributed by atoms with van der Waals surface area (Å²) < 4.78 is 0. The third-order valence-corrected chi connectivity index (χ3v) is 3.69. The third-order valence-electron chi connectivity index (χ3n) is 3.69. The highest BCUT2D eigenvalue weighted by molar-refractivity contribution is 5.88. The van der Waals surface area contributed by atoms with Gasteiger partial charge in [-0.2, -0.15) is 0 Å². The van der Waals surface area contributed by atoms with Gasteiger partial charge in [0, 0.05) is 0 Å². The Balaban J connectivity index is 3.55. The van der Waals surface area contributed by atoms with Crippen molar-refractivity contribution in [1.82, 2.24) is 5.43 Å². The van der Waals surface area contributed by atoms with Crippen LogP contribution in [0, 0.1) is 27.7 Å². The fourth-order valence-corrected chi connectivity index (χ4v) is 2.45. The van der Waals surface area contributed by atoms with Crippen molar-refractivity contribution in [3.05, 3.63) is 33.9 Å². The molecule has 0 saturated heterocycles. The number of carbonyl (C=O) groups excluding carboxylic acids is 1. The van der Waals surface area contributed by atoms with Crippen LogP contribution in [0.3, 0.4) is 0 Å². The van der Waals surface area contributed by atoms with Crippen molar-refractivity contribution in [2.45, 2.75) is 47.0 Å². The van der Waals surface area contributed by atoms with Crippen LogP contribution in [0.15, 0.2) is 6.07 Å². The molecule has 0 spiro atoms. The predicted molar refractivity (Wildman–Crippen MR) is 70.7 cm³/mol. The van der Waals surface area contributed by atoms with Gasteiger partial charge in [0.05, 0.1) is 5.41 Å². The van der Waals surface area contributed by atoms with Gasteiger partial charge in [0.2, 0.25) is 5.91 Å². The standard InChI is InChI=1S/C14H22N2O/c1-8-7-9(2)11(4)12(10(8)3)14(5,6)13(17)16-15/h7H,15H2,1-6H3,(H,16,17). The smallest absolute Gasteiger partial charge is 0.243 e. The van der Waals surface area contributed by atoms with Crippen LogP contribution in [0.4, 0.5) is 0 Å². The third kappa shape index (κ3) is 2.20. The minimum atomic E-state index is -0.611. The van der Waals surface area contributed by atoms with Gasteiger partial charge in [0.1, 0.15) is 0 Å². The summed E-state index contributed by atoms with van der Waals surface area (Å²) in [7, 11) is 0. The van der Waals surface area contributed by atoms with Crippen LogP contribution < -0.4 is 11.3 Å². The fraction of sp³-hybridized carbons (Fsp3) is 0.500. The normalized spacial score (nSPS) is 11.5. The highest BCUT2D eigenvalue weighted by Crippen LogP contribution is 2.32. The largest absolute Gasteiger partial charge is 0.294 e. The maximum absolute atomic E-state index is 11.9. The van der Waals surface area contributed by atoms with E-state index in [1.54, 1.807) is 0 Å². The minimum Gasteiger partial charge on any atom is -0.294 e. The highest BCUT2D eigenvalue weighted by Gasteiger charge is 2.32. The Bertz CT molecular complexity index is 436. The van der Waals surface area contributed by atoms with E-state index in [0.29, 0.717) is 0 Å². The first-order valence-corrected chi connectivity index (χ1v) is 5.82. The second-order valence-corrected chi connectivity index (χ2v) is 5.23. The van der Waals surface area contributed by atoms with Gasteiger partial charge < -0.3 is 0 Å². The molecule has 0 saturated carbocycles. The van der Waals surface area contributed by atoms with Crippen molar-refractivity contribution in [2.24, 2.45) is 5.84 Å². The lowest BCUT2D eigenvalue weighted by Gasteiger charge is -2.28. The van der Waals surface area contributed by atoms with Crippen molar-refractivity contribution in [2.75, 3.05) is 0 Å². The van der Waals surface area contributed by atoms with E-state index in [0.717, 1.165) is 5.56 Å². The summed E-state index contributed by atoms with van der Waals surface area (Å²) in [5.74, 6) is 5.11. The number of carbonyl (C=O) groups is 1. The molecule has 3 nitrogen and oxygen atoms in total. The van der Waals surface area contributed by atoms with Crippen molar-refractivity contribution in [3.63, 3.8) is 0 Å². The van der Waals surface area contributed by atoms with Crippen molar-refractivity contribution < 1.29 is 4.79 Å². The minimum absolute atomic E-state index is 0.159. The molecule has 94 valence electrons. The number of benzene rings is 1. The van der Waals surface area contributed by atoms with Gasteiger partial charge in [-0.25, -0.2) is 5.84 Å². The second kappa shape index (κ2) is 4.49. The number of nitrogens with two attached hydrogens (primary N) is 1. The van der Waals surface area contributed by atoms with Gasteiger partial charge in [-0.1, -0.05) is 6.07 Å². The zero-order chi connectivity index (χ0) is 13.4. The SMILES string of the molecule is Cc1cc(C)c(C)c(C(C)(C)C(=O)NN)c1C. The van der Waals surface area contributed by atoms with E-state index in [1.165, 1.54) is 22.3 Å². The highest BCUT2D eigenvalue weighted by atomic mass is 16.2. The van der Waals surface area contributed by atoms with E-state index >= 15 is 0 Å². The number of nitrogens with one attached hydrogen (secondary N) is 1. The maximum atomic E-state index is 11.9. The first kappa shape index (κ1) is 13.7. The zero-order valence-electron chi connectivity index (χ0n) is 11.6. The lowest BCUT2D eigenvalue weighted by molar-refractivity contribution is -0.125. The van der Waals surface area contributed by atoms with Crippen LogP contribution in [-0.4, -0.2) is 5.91 Å². The molecule has 17 heavy (non-hydrogen) atoms. The molecule has 0 fully saturated rings. The number of amides is 1. The Morgan fingerprint density at radius 3 is 1.88 bits per heavy atom. The fourth-order valence-electron chi connectivity index (χ4n) is 2.45. The molecule has 0 aliphatic heterocycles. The number of aryl methyl sites for hydroxylation is 2. The van der Waals surface area contributed by atoms with Crippen LogP contribution in [-0.2, 0) is 10.2 Å².